The number of aliphatic imine (C=N–C) groups is 1. The van der Waals surface area contributed by atoms with E-state index in [2.05, 4.69) is 45.3 Å². The van der Waals surface area contributed by atoms with Crippen molar-refractivity contribution in [2.75, 3.05) is 6.61 Å². The first-order chi connectivity index (χ1) is 16.7. The van der Waals surface area contributed by atoms with Crippen LogP contribution in [-0.4, -0.2) is 62.5 Å². The summed E-state index contributed by atoms with van der Waals surface area (Å²) in [6.45, 7) is -0.367. The standard InChI is InChI=1S/C27H23N3O4/c31-13-22-25(32)26(33)27(34-22)16-9-10-28-24-21(12-16)29-14-30-23(24)20-11-15-5-1-2-6-17(15)18-7-3-4-8-19(18)20/h1-11,14,22,25-27,31-33H,12-13H2/t22-,25-,26-,27?/m1/s1. The molecule has 1 fully saturated rings. The number of aliphatic hydroxyl groups is 3. The summed E-state index contributed by atoms with van der Waals surface area (Å²) in [5, 5.41) is 34.6. The van der Waals surface area contributed by atoms with Crippen LogP contribution >= 0.6 is 0 Å². The zero-order chi connectivity index (χ0) is 23.2. The third kappa shape index (κ3) is 3.33. The van der Waals surface area contributed by atoms with Crippen LogP contribution in [0.3, 0.4) is 0 Å². The highest BCUT2D eigenvalue weighted by Crippen LogP contribution is 2.40. The Labute approximate surface area is 195 Å². The van der Waals surface area contributed by atoms with Crippen LogP contribution in [0.15, 0.2) is 77.6 Å². The highest BCUT2D eigenvalue weighted by molar-refractivity contribution is 6.14. The van der Waals surface area contributed by atoms with Gasteiger partial charge in [-0.05, 0) is 39.3 Å². The van der Waals surface area contributed by atoms with Crippen molar-refractivity contribution in [3.8, 4) is 11.3 Å². The Hall–Kier alpha value is -3.49. The number of hydrogen-bond acceptors (Lipinski definition) is 7. The highest BCUT2D eigenvalue weighted by Gasteiger charge is 2.44. The molecule has 1 saturated heterocycles. The molecule has 0 amide bonds. The van der Waals surface area contributed by atoms with Gasteiger partial charge in [-0.2, -0.15) is 0 Å². The fourth-order valence-corrected chi connectivity index (χ4v) is 4.99. The zero-order valence-corrected chi connectivity index (χ0v) is 18.2. The SMILES string of the molecule is OC[C@H]1OC(C2=CC=Nc3c(ncnc3-c3cc4ccccc4c4ccccc34)C2)[C@H](O)[C@@H]1O. The Balaban J connectivity index is 1.46. The van der Waals surface area contributed by atoms with Crippen LogP contribution in [0.5, 0.6) is 0 Å². The average molecular weight is 453 g/mol. The summed E-state index contributed by atoms with van der Waals surface area (Å²) in [4.78, 5) is 13.8. The maximum atomic E-state index is 10.5. The molecule has 0 radical (unpaired) electrons. The molecule has 0 bridgehead atoms. The molecule has 1 unspecified atom stereocenters. The van der Waals surface area contributed by atoms with E-state index in [1.54, 1.807) is 12.3 Å². The van der Waals surface area contributed by atoms with Crippen LogP contribution in [0.2, 0.25) is 0 Å². The van der Waals surface area contributed by atoms with Crippen LogP contribution in [0.1, 0.15) is 5.69 Å². The Morgan fingerprint density at radius 1 is 0.912 bits per heavy atom. The minimum atomic E-state index is -1.15. The molecular weight excluding hydrogens is 430 g/mol. The lowest BCUT2D eigenvalue weighted by Gasteiger charge is -2.18. The summed E-state index contributed by atoms with van der Waals surface area (Å²) < 4.78 is 5.74. The second-order valence-electron chi connectivity index (χ2n) is 8.66. The molecule has 6 rings (SSSR count). The second-order valence-corrected chi connectivity index (χ2v) is 8.66. The van der Waals surface area contributed by atoms with Crippen molar-refractivity contribution in [3.63, 3.8) is 0 Å². The van der Waals surface area contributed by atoms with E-state index < -0.39 is 24.4 Å². The fraction of sp³-hybridized carbons (Fsp3) is 0.222. The monoisotopic (exact) mass is 453 g/mol. The smallest absolute Gasteiger partial charge is 0.116 e. The predicted octanol–water partition coefficient (Wildman–Crippen LogP) is 3.12. The van der Waals surface area contributed by atoms with Gasteiger partial charge in [0.15, 0.2) is 0 Å². The van der Waals surface area contributed by atoms with Gasteiger partial charge >= 0.3 is 0 Å². The van der Waals surface area contributed by atoms with E-state index in [-0.39, 0.29) is 6.61 Å². The van der Waals surface area contributed by atoms with E-state index in [0.717, 1.165) is 33.0 Å². The van der Waals surface area contributed by atoms with E-state index in [9.17, 15) is 15.3 Å². The molecule has 4 atom stereocenters. The summed E-state index contributed by atoms with van der Waals surface area (Å²) in [6.07, 6.45) is 1.49. The minimum Gasteiger partial charge on any atom is -0.394 e. The van der Waals surface area contributed by atoms with Gasteiger partial charge in [-0.1, -0.05) is 48.5 Å². The Morgan fingerprint density at radius 2 is 1.68 bits per heavy atom. The molecule has 7 nitrogen and oxygen atoms in total. The average Bonchev–Trinajstić information content (AvgIpc) is 3.03. The van der Waals surface area contributed by atoms with Gasteiger partial charge in [0.05, 0.1) is 12.3 Å². The number of hydrogen-bond donors (Lipinski definition) is 3. The number of aliphatic hydroxyl groups excluding tert-OH is 3. The summed E-state index contributed by atoms with van der Waals surface area (Å²) in [6, 6.07) is 18.7. The van der Waals surface area contributed by atoms with E-state index in [0.29, 0.717) is 17.8 Å². The lowest BCUT2D eigenvalue weighted by Crippen LogP contribution is -2.34. The van der Waals surface area contributed by atoms with Crippen molar-refractivity contribution in [3.05, 3.63) is 78.3 Å². The summed E-state index contributed by atoms with van der Waals surface area (Å²) in [5.74, 6) is 0. The third-order valence-electron chi connectivity index (χ3n) is 6.69. The van der Waals surface area contributed by atoms with Gasteiger partial charge in [0.25, 0.3) is 0 Å². The fourth-order valence-electron chi connectivity index (χ4n) is 4.99. The van der Waals surface area contributed by atoms with Crippen molar-refractivity contribution in [2.24, 2.45) is 4.99 Å². The molecule has 3 N–H and O–H groups in total. The van der Waals surface area contributed by atoms with Crippen molar-refractivity contribution in [2.45, 2.75) is 30.8 Å². The maximum Gasteiger partial charge on any atom is 0.116 e. The zero-order valence-electron chi connectivity index (χ0n) is 18.2. The molecule has 1 aromatic heterocycles. The molecule has 4 aromatic rings. The minimum absolute atomic E-state index is 0.367. The summed E-state index contributed by atoms with van der Waals surface area (Å²) in [5.41, 5.74) is 3.82. The molecule has 0 spiro atoms. The highest BCUT2D eigenvalue weighted by atomic mass is 16.6. The first kappa shape index (κ1) is 21.1. The maximum absolute atomic E-state index is 10.5. The van der Waals surface area contributed by atoms with Gasteiger partial charge in [-0.15, -0.1) is 0 Å². The van der Waals surface area contributed by atoms with Gasteiger partial charge in [0, 0.05) is 18.2 Å². The largest absolute Gasteiger partial charge is 0.394 e. The van der Waals surface area contributed by atoms with E-state index in [1.165, 1.54) is 11.7 Å². The number of fused-ring (bicyclic) bond motifs is 4. The van der Waals surface area contributed by atoms with Crippen LogP contribution in [0, 0.1) is 0 Å². The lowest BCUT2D eigenvalue weighted by atomic mass is 9.93. The molecule has 3 heterocycles. The Morgan fingerprint density at radius 3 is 2.47 bits per heavy atom. The second kappa shape index (κ2) is 8.38. The summed E-state index contributed by atoms with van der Waals surface area (Å²) >= 11 is 0. The van der Waals surface area contributed by atoms with Gasteiger partial charge in [0.1, 0.15) is 42.1 Å². The van der Waals surface area contributed by atoms with Crippen molar-refractivity contribution < 1.29 is 20.1 Å². The van der Waals surface area contributed by atoms with Crippen molar-refractivity contribution in [1.29, 1.82) is 0 Å². The molecule has 0 aliphatic carbocycles. The van der Waals surface area contributed by atoms with E-state index >= 15 is 0 Å². The number of nitrogens with zero attached hydrogens (tertiary/aromatic N) is 3. The van der Waals surface area contributed by atoms with Crippen LogP contribution < -0.4 is 0 Å². The molecule has 0 saturated carbocycles. The molecule has 3 aromatic carbocycles. The van der Waals surface area contributed by atoms with E-state index in [1.807, 2.05) is 24.3 Å². The number of benzene rings is 3. The first-order valence-electron chi connectivity index (χ1n) is 11.3. The Bertz CT molecular complexity index is 1470. The first-order valence-corrected chi connectivity index (χ1v) is 11.3. The van der Waals surface area contributed by atoms with Gasteiger partial charge < -0.3 is 20.1 Å². The predicted molar refractivity (Wildman–Crippen MR) is 130 cm³/mol. The molecule has 170 valence electrons. The number of rotatable bonds is 3. The third-order valence-corrected chi connectivity index (χ3v) is 6.69. The van der Waals surface area contributed by atoms with Crippen molar-refractivity contribution in [1.82, 2.24) is 9.97 Å². The lowest BCUT2D eigenvalue weighted by molar-refractivity contribution is -0.0142. The number of ether oxygens (including phenoxy) is 1. The van der Waals surface area contributed by atoms with Crippen LogP contribution in [0.4, 0.5) is 5.69 Å². The molecular formula is C27H23N3O4. The van der Waals surface area contributed by atoms with Gasteiger partial charge in [-0.25, -0.2) is 9.97 Å². The van der Waals surface area contributed by atoms with Gasteiger partial charge in [0.2, 0.25) is 0 Å². The van der Waals surface area contributed by atoms with Crippen LogP contribution in [-0.2, 0) is 11.2 Å². The normalized spacial score (nSPS) is 24.3. The van der Waals surface area contributed by atoms with Crippen LogP contribution in [0.25, 0.3) is 32.8 Å². The van der Waals surface area contributed by atoms with Gasteiger partial charge in [-0.3, -0.25) is 4.99 Å². The molecule has 34 heavy (non-hydrogen) atoms. The molecule has 2 aliphatic heterocycles. The molecule has 7 heteroatoms. The number of allylic oxidation sites excluding steroid dienone is 1. The Kier molecular flexibility index (Phi) is 5.19. The topological polar surface area (TPSA) is 108 Å². The quantitative estimate of drug-likeness (QED) is 0.412. The number of aromatic nitrogens is 2. The summed E-state index contributed by atoms with van der Waals surface area (Å²) in [7, 11) is 0. The van der Waals surface area contributed by atoms with Crippen molar-refractivity contribution >= 4 is 33.4 Å². The molecule has 2 aliphatic rings. The van der Waals surface area contributed by atoms with E-state index in [4.69, 9.17) is 4.74 Å².